The van der Waals surface area contributed by atoms with Crippen LogP contribution < -0.4 is 9.47 Å². The fourth-order valence-corrected chi connectivity index (χ4v) is 4.91. The van der Waals surface area contributed by atoms with Gasteiger partial charge >= 0.3 is 5.97 Å². The third-order valence-electron chi connectivity index (χ3n) is 5.75. The Morgan fingerprint density at radius 1 is 1.00 bits per heavy atom. The van der Waals surface area contributed by atoms with Crippen molar-refractivity contribution in [3.05, 3.63) is 83.2 Å². The zero-order valence-corrected chi connectivity index (χ0v) is 21.1. The van der Waals surface area contributed by atoms with Gasteiger partial charge in [-0.2, -0.15) is 0 Å². The zero-order valence-electron chi connectivity index (χ0n) is 20.3. The molecule has 0 saturated carbocycles. The molecule has 0 bridgehead atoms. The van der Waals surface area contributed by atoms with Crippen molar-refractivity contribution < 1.29 is 24.1 Å². The Labute approximate surface area is 215 Å². The lowest BCUT2D eigenvalue weighted by Gasteiger charge is -2.12. The number of fused-ring (bicyclic) bond motifs is 1. The lowest BCUT2D eigenvalue weighted by Crippen LogP contribution is -2.05. The molecule has 1 heterocycles. The molecule has 0 aliphatic carbocycles. The van der Waals surface area contributed by atoms with Gasteiger partial charge in [-0.05, 0) is 47.7 Å². The van der Waals surface area contributed by atoms with Crippen molar-refractivity contribution in [2.75, 3.05) is 20.3 Å². The van der Waals surface area contributed by atoms with E-state index in [2.05, 4.69) is 35.4 Å². The highest BCUT2D eigenvalue weighted by Crippen LogP contribution is 2.40. The summed E-state index contributed by atoms with van der Waals surface area (Å²) in [5.74, 6) is 6.24. The number of benzene rings is 3. The van der Waals surface area contributed by atoms with E-state index in [1.807, 2.05) is 48.5 Å². The van der Waals surface area contributed by atoms with Gasteiger partial charge in [0.15, 0.2) is 0 Å². The molecule has 0 fully saturated rings. The summed E-state index contributed by atoms with van der Waals surface area (Å²) in [7, 11) is 1.66. The van der Waals surface area contributed by atoms with Crippen LogP contribution in [0.2, 0.25) is 0 Å². The van der Waals surface area contributed by atoms with E-state index in [4.69, 9.17) is 19.3 Å². The molecule has 5 nitrogen and oxygen atoms in total. The molecular weight excluding hydrogens is 472 g/mol. The standard InChI is InChI=1S/C30H28O5S/c1-3-6-23(17-30(31)32)22-11-9-21(10-12-22)19-35-24-13-14-29-26(18-24)27(20-36-29)25-7-4-5-8-28(25)34-16-15-33-2/h4-5,7-14,18,20,23H,15-17,19H2,1-2H3,(H,31,32)/t23-/m0/s1. The zero-order chi connectivity index (χ0) is 25.3. The highest BCUT2D eigenvalue weighted by molar-refractivity contribution is 7.17. The predicted octanol–water partition coefficient (Wildman–Crippen LogP) is 6.75. The molecule has 0 unspecified atom stereocenters. The van der Waals surface area contributed by atoms with Gasteiger partial charge in [0.2, 0.25) is 0 Å². The maximum Gasteiger partial charge on any atom is 0.304 e. The first-order valence-corrected chi connectivity index (χ1v) is 12.5. The topological polar surface area (TPSA) is 65.0 Å². The first kappa shape index (κ1) is 25.3. The lowest BCUT2D eigenvalue weighted by atomic mass is 9.95. The number of aliphatic carboxylic acids is 1. The molecule has 0 spiro atoms. The van der Waals surface area contributed by atoms with Crippen LogP contribution in [-0.2, 0) is 16.1 Å². The van der Waals surface area contributed by atoms with E-state index in [1.54, 1.807) is 25.4 Å². The first-order chi connectivity index (χ1) is 17.6. The van der Waals surface area contributed by atoms with Gasteiger partial charge in [-0.1, -0.05) is 48.4 Å². The third kappa shape index (κ3) is 6.25. The van der Waals surface area contributed by atoms with Gasteiger partial charge in [0.25, 0.3) is 0 Å². The van der Waals surface area contributed by atoms with E-state index >= 15 is 0 Å². The second kappa shape index (κ2) is 12.3. The van der Waals surface area contributed by atoms with E-state index in [0.717, 1.165) is 39.1 Å². The number of hydrogen-bond acceptors (Lipinski definition) is 5. The van der Waals surface area contributed by atoms with Crippen LogP contribution in [0.5, 0.6) is 11.5 Å². The van der Waals surface area contributed by atoms with Gasteiger partial charge in [0.05, 0.1) is 18.9 Å². The van der Waals surface area contributed by atoms with Crippen molar-refractivity contribution in [1.82, 2.24) is 0 Å². The molecule has 0 saturated heterocycles. The molecule has 0 aliphatic heterocycles. The molecule has 36 heavy (non-hydrogen) atoms. The fraction of sp³-hybridized carbons (Fsp3) is 0.233. The Morgan fingerprint density at radius 3 is 2.56 bits per heavy atom. The summed E-state index contributed by atoms with van der Waals surface area (Å²) in [6, 6.07) is 21.9. The summed E-state index contributed by atoms with van der Waals surface area (Å²) in [6.07, 6.45) is -0.0137. The maximum absolute atomic E-state index is 11.2. The second-order valence-electron chi connectivity index (χ2n) is 8.22. The predicted molar refractivity (Wildman–Crippen MR) is 144 cm³/mol. The summed E-state index contributed by atoms with van der Waals surface area (Å²) < 4.78 is 18.4. The summed E-state index contributed by atoms with van der Waals surface area (Å²) in [5.41, 5.74) is 4.05. The fourth-order valence-electron chi connectivity index (χ4n) is 3.97. The summed E-state index contributed by atoms with van der Waals surface area (Å²) in [5, 5.41) is 12.4. The van der Waals surface area contributed by atoms with Crippen LogP contribution in [0.15, 0.2) is 72.1 Å². The van der Waals surface area contributed by atoms with Crippen LogP contribution in [0.3, 0.4) is 0 Å². The van der Waals surface area contributed by atoms with Crippen molar-refractivity contribution in [1.29, 1.82) is 0 Å². The smallest absolute Gasteiger partial charge is 0.304 e. The number of carbonyl (C=O) groups is 1. The molecule has 4 rings (SSSR count). The second-order valence-corrected chi connectivity index (χ2v) is 9.13. The lowest BCUT2D eigenvalue weighted by molar-refractivity contribution is -0.137. The molecule has 1 N–H and O–H groups in total. The minimum atomic E-state index is -0.859. The molecular formula is C30H28O5S. The molecule has 1 aromatic heterocycles. The highest BCUT2D eigenvalue weighted by Gasteiger charge is 2.14. The third-order valence-corrected chi connectivity index (χ3v) is 6.72. The Balaban J connectivity index is 1.50. The van der Waals surface area contributed by atoms with Crippen LogP contribution in [0.25, 0.3) is 21.2 Å². The van der Waals surface area contributed by atoms with Gasteiger partial charge in [-0.15, -0.1) is 17.3 Å². The van der Waals surface area contributed by atoms with Gasteiger partial charge in [-0.25, -0.2) is 0 Å². The summed E-state index contributed by atoms with van der Waals surface area (Å²) in [6.45, 7) is 3.15. The van der Waals surface area contributed by atoms with Gasteiger partial charge < -0.3 is 19.3 Å². The minimum Gasteiger partial charge on any atom is -0.491 e. The molecule has 6 heteroatoms. The molecule has 184 valence electrons. The quantitative estimate of drug-likeness (QED) is 0.182. The van der Waals surface area contributed by atoms with E-state index in [-0.39, 0.29) is 12.3 Å². The Kier molecular flexibility index (Phi) is 8.62. The van der Waals surface area contributed by atoms with Gasteiger partial charge in [0, 0.05) is 28.3 Å². The van der Waals surface area contributed by atoms with Crippen molar-refractivity contribution in [3.63, 3.8) is 0 Å². The monoisotopic (exact) mass is 500 g/mol. The van der Waals surface area contributed by atoms with Crippen molar-refractivity contribution in [2.45, 2.75) is 25.9 Å². The number of hydrogen-bond donors (Lipinski definition) is 1. The van der Waals surface area contributed by atoms with E-state index in [9.17, 15) is 4.79 Å². The SMILES string of the molecule is CC#C[C@@H](CC(=O)O)c1ccc(COc2ccc3scc(-c4ccccc4OCCOC)c3c2)cc1. The molecule has 0 amide bonds. The van der Waals surface area contributed by atoms with Crippen LogP contribution in [0, 0.1) is 11.8 Å². The number of carboxylic acids is 1. The molecule has 1 atom stereocenters. The molecule has 3 aromatic carbocycles. The van der Waals surface area contributed by atoms with E-state index in [1.165, 1.54) is 4.70 Å². The van der Waals surface area contributed by atoms with Crippen molar-refractivity contribution in [3.8, 4) is 34.5 Å². The normalized spacial score (nSPS) is 11.5. The van der Waals surface area contributed by atoms with Crippen molar-refractivity contribution >= 4 is 27.4 Å². The van der Waals surface area contributed by atoms with Crippen LogP contribution in [0.1, 0.15) is 30.4 Å². The van der Waals surface area contributed by atoms with Gasteiger partial charge in [-0.3, -0.25) is 4.79 Å². The largest absolute Gasteiger partial charge is 0.491 e. The number of methoxy groups -OCH3 is 1. The Hall–Kier alpha value is -3.79. The average Bonchev–Trinajstić information content (AvgIpc) is 3.31. The van der Waals surface area contributed by atoms with Crippen molar-refractivity contribution in [2.24, 2.45) is 0 Å². The highest BCUT2D eigenvalue weighted by atomic mass is 32.1. The van der Waals surface area contributed by atoms with E-state index in [0.29, 0.717) is 19.8 Å². The van der Waals surface area contributed by atoms with Crippen LogP contribution in [0.4, 0.5) is 0 Å². The molecule has 4 aromatic rings. The number of ether oxygens (including phenoxy) is 3. The number of carboxylic acid groups (broad SMARTS) is 1. The first-order valence-electron chi connectivity index (χ1n) is 11.7. The van der Waals surface area contributed by atoms with Crippen LogP contribution in [-0.4, -0.2) is 31.4 Å². The molecule has 0 aliphatic rings. The van der Waals surface area contributed by atoms with Gasteiger partial charge in [0.1, 0.15) is 24.7 Å². The van der Waals surface area contributed by atoms with Crippen LogP contribution >= 0.6 is 11.3 Å². The maximum atomic E-state index is 11.2. The average molecular weight is 501 g/mol. The summed E-state index contributed by atoms with van der Waals surface area (Å²) >= 11 is 1.69. The Morgan fingerprint density at radius 2 is 1.81 bits per heavy atom. The molecule has 0 radical (unpaired) electrons. The Bertz CT molecular complexity index is 1380. The minimum absolute atomic E-state index is 0.0137. The number of thiophene rings is 1. The van der Waals surface area contributed by atoms with E-state index < -0.39 is 5.97 Å². The number of rotatable bonds is 11. The summed E-state index contributed by atoms with van der Waals surface area (Å²) in [4.78, 5) is 11.2. The number of para-hydroxylation sites is 1.